The smallest absolute Gasteiger partial charge is 0.390 e. The fourth-order valence-electron chi connectivity index (χ4n) is 1.59. The van der Waals surface area contributed by atoms with Crippen LogP contribution in [0.15, 0.2) is 23.3 Å². The van der Waals surface area contributed by atoms with Crippen LogP contribution in [0.3, 0.4) is 0 Å². The van der Waals surface area contributed by atoms with Gasteiger partial charge in [0.1, 0.15) is 6.10 Å². The van der Waals surface area contributed by atoms with Gasteiger partial charge in [0.25, 0.3) is 0 Å². The topological polar surface area (TPSA) is 89.2 Å². The van der Waals surface area contributed by atoms with Crippen LogP contribution in [0.5, 0.6) is 0 Å². The number of aryl methyl sites for hydroxylation is 1. The molecule has 0 saturated heterocycles. The number of benzene rings is 1. The molecule has 0 bridgehead atoms. The van der Waals surface area contributed by atoms with E-state index in [1.54, 1.807) is 0 Å². The Morgan fingerprint density at radius 3 is 2.47 bits per heavy atom. The summed E-state index contributed by atoms with van der Waals surface area (Å²) in [5.41, 5.74) is 7.40. The second-order valence-corrected chi connectivity index (χ2v) is 4.06. The van der Waals surface area contributed by atoms with Crippen LogP contribution in [0.4, 0.5) is 13.2 Å². The molecule has 0 heterocycles. The molecule has 104 valence electrons. The van der Waals surface area contributed by atoms with Crippen LogP contribution >= 0.6 is 0 Å². The Balaban J connectivity index is 3.06. The van der Waals surface area contributed by atoms with Crippen LogP contribution in [0, 0.1) is 6.92 Å². The zero-order chi connectivity index (χ0) is 14.6. The quantitative estimate of drug-likeness (QED) is 0.502. The maximum absolute atomic E-state index is 12.6. The molecule has 5 nitrogen and oxygen atoms in total. The lowest BCUT2D eigenvalue weighted by Gasteiger charge is -2.18. The average molecular weight is 275 g/mol. The van der Waals surface area contributed by atoms with Crippen LogP contribution in [-0.2, 0) is 6.18 Å². The van der Waals surface area contributed by atoms with Crippen molar-refractivity contribution in [1.29, 1.82) is 0 Å². The van der Waals surface area contributed by atoms with E-state index in [1.165, 1.54) is 13.0 Å². The van der Waals surface area contributed by atoms with E-state index in [2.05, 4.69) is 10.0 Å². The number of hydrogen-bond acceptors (Lipinski definition) is 3. The molecule has 0 aromatic heterocycles. The van der Waals surface area contributed by atoms with Crippen molar-refractivity contribution in [3.8, 4) is 0 Å². The van der Waals surface area contributed by atoms with Crippen molar-refractivity contribution in [1.82, 2.24) is 0 Å². The van der Waals surface area contributed by atoms with Crippen LogP contribution in [0.2, 0.25) is 0 Å². The highest BCUT2D eigenvalue weighted by molar-refractivity contribution is 5.32. The molecule has 1 aromatic rings. The lowest BCUT2D eigenvalue weighted by atomic mass is 9.99. The number of aliphatic hydroxyl groups excluding tert-OH is 2. The van der Waals surface area contributed by atoms with Gasteiger partial charge in [0, 0.05) is 4.91 Å². The molecular formula is C11H12F3N3O2. The van der Waals surface area contributed by atoms with E-state index in [0.717, 1.165) is 12.1 Å². The number of halogens is 3. The van der Waals surface area contributed by atoms with Gasteiger partial charge < -0.3 is 10.2 Å². The first kappa shape index (κ1) is 15.3. The Kier molecular flexibility index (Phi) is 4.77. The lowest BCUT2D eigenvalue weighted by Crippen LogP contribution is -2.21. The SMILES string of the molecule is Cc1cc(C(O)C(O)CN=[N+]=[N-])cc(C(F)(F)F)c1. The molecule has 0 aliphatic rings. The number of azide groups is 1. The van der Waals surface area contributed by atoms with Crippen LogP contribution in [0.1, 0.15) is 22.8 Å². The van der Waals surface area contributed by atoms with Gasteiger partial charge in [0.2, 0.25) is 0 Å². The van der Waals surface area contributed by atoms with Gasteiger partial charge in [-0.05, 0) is 30.2 Å². The van der Waals surface area contributed by atoms with Gasteiger partial charge in [-0.15, -0.1) is 0 Å². The molecule has 0 fully saturated rings. The van der Waals surface area contributed by atoms with Crippen molar-refractivity contribution in [3.05, 3.63) is 45.3 Å². The number of alkyl halides is 3. The standard InChI is InChI=1S/C11H12F3N3O2/c1-6-2-7(4-8(3-6)11(12,13)14)10(19)9(18)5-16-17-15/h2-4,9-10,18-19H,5H2,1H3. The highest BCUT2D eigenvalue weighted by Crippen LogP contribution is 2.32. The van der Waals surface area contributed by atoms with Gasteiger partial charge in [-0.25, -0.2) is 0 Å². The molecule has 19 heavy (non-hydrogen) atoms. The van der Waals surface area contributed by atoms with Gasteiger partial charge in [-0.1, -0.05) is 16.7 Å². The first-order valence-electron chi connectivity index (χ1n) is 5.31. The van der Waals surface area contributed by atoms with E-state index in [1.807, 2.05) is 0 Å². The summed E-state index contributed by atoms with van der Waals surface area (Å²) in [4.78, 5) is 2.40. The fourth-order valence-corrected chi connectivity index (χ4v) is 1.59. The summed E-state index contributed by atoms with van der Waals surface area (Å²) >= 11 is 0. The molecule has 0 aliphatic heterocycles. The van der Waals surface area contributed by atoms with Crippen molar-refractivity contribution in [3.63, 3.8) is 0 Å². The third-order valence-corrected chi connectivity index (χ3v) is 2.46. The average Bonchev–Trinajstić information content (AvgIpc) is 2.33. The van der Waals surface area contributed by atoms with Gasteiger partial charge in [0.05, 0.1) is 18.2 Å². The minimum Gasteiger partial charge on any atom is -0.390 e. The van der Waals surface area contributed by atoms with E-state index in [4.69, 9.17) is 5.53 Å². The lowest BCUT2D eigenvalue weighted by molar-refractivity contribution is -0.137. The summed E-state index contributed by atoms with van der Waals surface area (Å²) in [5, 5.41) is 22.3. The summed E-state index contributed by atoms with van der Waals surface area (Å²) in [6.45, 7) is 1.03. The van der Waals surface area contributed by atoms with Gasteiger partial charge in [-0.3, -0.25) is 0 Å². The van der Waals surface area contributed by atoms with Crippen LogP contribution in [0.25, 0.3) is 10.4 Å². The number of nitrogens with zero attached hydrogens (tertiary/aromatic N) is 3. The molecule has 2 atom stereocenters. The summed E-state index contributed by atoms with van der Waals surface area (Å²) in [7, 11) is 0. The largest absolute Gasteiger partial charge is 0.416 e. The minimum absolute atomic E-state index is 0.0760. The molecule has 0 amide bonds. The highest BCUT2D eigenvalue weighted by atomic mass is 19.4. The van der Waals surface area contributed by atoms with Crippen molar-refractivity contribution >= 4 is 0 Å². The van der Waals surface area contributed by atoms with Gasteiger partial charge in [0.15, 0.2) is 0 Å². The van der Waals surface area contributed by atoms with E-state index >= 15 is 0 Å². The maximum atomic E-state index is 12.6. The first-order chi connectivity index (χ1) is 8.75. The van der Waals surface area contributed by atoms with Crippen LogP contribution in [-0.4, -0.2) is 22.9 Å². The van der Waals surface area contributed by atoms with E-state index in [0.29, 0.717) is 5.56 Å². The Hall–Kier alpha value is -1.76. The third kappa shape index (κ3) is 4.13. The Morgan fingerprint density at radius 1 is 1.32 bits per heavy atom. The van der Waals surface area contributed by atoms with E-state index in [-0.39, 0.29) is 5.56 Å². The molecule has 0 aliphatic carbocycles. The molecule has 2 N–H and O–H groups in total. The molecule has 0 spiro atoms. The second kappa shape index (κ2) is 5.92. The van der Waals surface area contributed by atoms with Crippen molar-refractivity contribution < 1.29 is 23.4 Å². The van der Waals surface area contributed by atoms with Crippen molar-refractivity contribution in [2.75, 3.05) is 6.54 Å². The zero-order valence-electron chi connectivity index (χ0n) is 9.96. The van der Waals surface area contributed by atoms with Crippen molar-refractivity contribution in [2.45, 2.75) is 25.3 Å². The Bertz CT molecular complexity index is 498. The summed E-state index contributed by atoms with van der Waals surface area (Å²) in [6.07, 6.45) is -7.54. The van der Waals surface area contributed by atoms with Crippen LogP contribution < -0.4 is 0 Å². The molecular weight excluding hydrogens is 263 g/mol. The van der Waals surface area contributed by atoms with Gasteiger partial charge in [-0.2, -0.15) is 13.2 Å². The molecule has 8 heteroatoms. The number of rotatable bonds is 4. The minimum atomic E-state index is -4.53. The summed E-state index contributed by atoms with van der Waals surface area (Å²) in [6, 6.07) is 3.03. The maximum Gasteiger partial charge on any atom is 0.416 e. The molecule has 1 rings (SSSR count). The molecule has 2 unspecified atom stereocenters. The zero-order valence-corrected chi connectivity index (χ0v) is 9.96. The fraction of sp³-hybridized carbons (Fsp3) is 0.455. The molecule has 1 aromatic carbocycles. The van der Waals surface area contributed by atoms with Crippen molar-refractivity contribution in [2.24, 2.45) is 5.11 Å². The third-order valence-electron chi connectivity index (χ3n) is 2.46. The monoisotopic (exact) mass is 275 g/mol. The highest BCUT2D eigenvalue weighted by Gasteiger charge is 2.32. The number of hydrogen-bond donors (Lipinski definition) is 2. The van der Waals surface area contributed by atoms with Gasteiger partial charge >= 0.3 is 6.18 Å². The normalized spacial score (nSPS) is 14.6. The number of aliphatic hydroxyl groups is 2. The molecule has 0 radical (unpaired) electrons. The second-order valence-electron chi connectivity index (χ2n) is 4.06. The van der Waals surface area contributed by atoms with E-state index in [9.17, 15) is 23.4 Å². The summed E-state index contributed by atoms with van der Waals surface area (Å²) in [5.74, 6) is 0. The Morgan fingerprint density at radius 2 is 1.95 bits per heavy atom. The van der Waals surface area contributed by atoms with E-state index < -0.39 is 30.5 Å². The summed E-state index contributed by atoms with van der Waals surface area (Å²) < 4.78 is 37.8. The molecule has 0 saturated carbocycles. The first-order valence-corrected chi connectivity index (χ1v) is 5.31. The Labute approximate surface area is 106 Å². The predicted octanol–water partition coefficient (Wildman–Crippen LogP) is 2.72. The predicted molar refractivity (Wildman–Crippen MR) is 61.2 cm³/mol.